The minimum Gasteiger partial charge on any atom is -0.351 e. The minimum absolute atomic E-state index is 0.0152. The van der Waals surface area contributed by atoms with E-state index in [9.17, 15) is 4.79 Å². The third kappa shape index (κ3) is 4.40. The van der Waals surface area contributed by atoms with E-state index in [2.05, 4.69) is 15.2 Å². The molecule has 0 atom stereocenters. The smallest absolute Gasteiger partial charge is 0.263 e. The molecule has 0 radical (unpaired) electrons. The van der Waals surface area contributed by atoms with E-state index in [4.69, 9.17) is 0 Å². The van der Waals surface area contributed by atoms with E-state index in [1.807, 2.05) is 24.4 Å². The predicted molar refractivity (Wildman–Crippen MR) is 97.4 cm³/mol. The Morgan fingerprint density at radius 3 is 2.91 bits per heavy atom. The third-order valence-corrected chi connectivity index (χ3v) is 6.32. The van der Waals surface area contributed by atoms with Gasteiger partial charge in [-0.2, -0.15) is 0 Å². The highest BCUT2D eigenvalue weighted by Crippen LogP contribution is 2.30. The highest BCUT2D eigenvalue weighted by Gasteiger charge is 2.16. The molecule has 1 aliphatic heterocycles. The van der Waals surface area contributed by atoms with E-state index in [1.165, 1.54) is 43.7 Å². The van der Waals surface area contributed by atoms with Crippen molar-refractivity contribution in [3.8, 4) is 9.88 Å². The van der Waals surface area contributed by atoms with E-state index in [0.29, 0.717) is 0 Å². The molecule has 3 rings (SSSR count). The van der Waals surface area contributed by atoms with Gasteiger partial charge < -0.3 is 10.2 Å². The summed E-state index contributed by atoms with van der Waals surface area (Å²) < 4.78 is 0. The maximum Gasteiger partial charge on any atom is 0.263 e. The van der Waals surface area contributed by atoms with Crippen LogP contribution in [0.25, 0.3) is 9.88 Å². The fraction of sp³-hybridized carbons (Fsp3) is 0.529. The molecule has 23 heavy (non-hydrogen) atoms. The number of thiazole rings is 1. The zero-order valence-corrected chi connectivity index (χ0v) is 15.1. The van der Waals surface area contributed by atoms with E-state index >= 15 is 0 Å². The Labute approximate surface area is 145 Å². The molecule has 4 nitrogen and oxygen atoms in total. The summed E-state index contributed by atoms with van der Waals surface area (Å²) in [5, 5.41) is 6.02. The van der Waals surface area contributed by atoms with E-state index in [1.54, 1.807) is 11.3 Å². The molecule has 0 aromatic carbocycles. The molecular weight excluding hydrogens is 326 g/mol. The molecule has 2 aromatic heterocycles. The molecule has 0 unspecified atom stereocenters. The maximum atomic E-state index is 12.3. The monoisotopic (exact) mass is 349 g/mol. The summed E-state index contributed by atoms with van der Waals surface area (Å²) in [4.78, 5) is 21.3. The number of aryl methyl sites for hydroxylation is 1. The fourth-order valence-electron chi connectivity index (χ4n) is 2.88. The molecule has 1 fully saturated rings. The number of hydrogen-bond acceptors (Lipinski definition) is 5. The van der Waals surface area contributed by atoms with Gasteiger partial charge in [0.05, 0.1) is 10.6 Å². The molecule has 1 saturated heterocycles. The van der Waals surface area contributed by atoms with Crippen molar-refractivity contribution < 1.29 is 4.79 Å². The number of aromatic nitrogens is 1. The van der Waals surface area contributed by atoms with Crippen molar-refractivity contribution in [1.29, 1.82) is 0 Å². The quantitative estimate of drug-likeness (QED) is 0.807. The average molecular weight is 350 g/mol. The molecule has 124 valence electrons. The Balaban J connectivity index is 1.48. The van der Waals surface area contributed by atoms with Crippen LogP contribution >= 0.6 is 22.7 Å². The lowest BCUT2D eigenvalue weighted by molar-refractivity contribution is 0.0954. The highest BCUT2D eigenvalue weighted by molar-refractivity contribution is 7.22. The number of nitrogens with one attached hydrogen (secondary N) is 1. The van der Waals surface area contributed by atoms with Gasteiger partial charge in [-0.3, -0.25) is 4.79 Å². The lowest BCUT2D eigenvalue weighted by atomic mass is 10.1. The van der Waals surface area contributed by atoms with Crippen LogP contribution in [0.2, 0.25) is 0 Å². The van der Waals surface area contributed by atoms with Gasteiger partial charge >= 0.3 is 0 Å². The number of thiophene rings is 1. The molecule has 1 N–H and O–H groups in total. The minimum atomic E-state index is 0.0152. The van der Waals surface area contributed by atoms with Crippen LogP contribution in [0.3, 0.4) is 0 Å². The molecule has 0 saturated carbocycles. The predicted octanol–water partition coefficient (Wildman–Crippen LogP) is 3.79. The Bertz CT molecular complexity index is 630. The number of piperidine rings is 1. The maximum absolute atomic E-state index is 12.3. The summed E-state index contributed by atoms with van der Waals surface area (Å²) in [6, 6.07) is 4.06. The first-order chi connectivity index (χ1) is 11.2. The van der Waals surface area contributed by atoms with Gasteiger partial charge in [-0.15, -0.1) is 22.7 Å². The second-order valence-corrected chi connectivity index (χ2v) is 7.87. The van der Waals surface area contributed by atoms with Gasteiger partial charge in [-0.25, -0.2) is 4.98 Å². The third-order valence-electron chi connectivity index (χ3n) is 4.12. The Kier molecular flexibility index (Phi) is 5.80. The summed E-state index contributed by atoms with van der Waals surface area (Å²) in [5.41, 5.74) is 0.826. The second-order valence-electron chi connectivity index (χ2n) is 5.92. The van der Waals surface area contributed by atoms with Crippen molar-refractivity contribution in [2.24, 2.45) is 0 Å². The first kappa shape index (κ1) is 16.6. The number of amides is 1. The van der Waals surface area contributed by atoms with Crippen LogP contribution < -0.4 is 5.32 Å². The van der Waals surface area contributed by atoms with Crippen molar-refractivity contribution in [2.75, 3.05) is 26.2 Å². The van der Waals surface area contributed by atoms with Crippen LogP contribution in [0, 0.1) is 6.92 Å². The van der Waals surface area contributed by atoms with E-state index in [0.717, 1.165) is 40.0 Å². The number of rotatable bonds is 6. The zero-order chi connectivity index (χ0) is 16.1. The Hall–Kier alpha value is -1.24. The Morgan fingerprint density at radius 1 is 1.35 bits per heavy atom. The number of hydrogen-bond donors (Lipinski definition) is 1. The van der Waals surface area contributed by atoms with Crippen molar-refractivity contribution in [1.82, 2.24) is 15.2 Å². The van der Waals surface area contributed by atoms with Crippen LogP contribution in [-0.2, 0) is 0 Å². The van der Waals surface area contributed by atoms with Crippen LogP contribution in [0.15, 0.2) is 17.5 Å². The van der Waals surface area contributed by atoms with Crippen LogP contribution in [0.1, 0.15) is 41.0 Å². The molecule has 3 heterocycles. The van der Waals surface area contributed by atoms with Gasteiger partial charge in [0.1, 0.15) is 9.88 Å². The van der Waals surface area contributed by atoms with E-state index in [-0.39, 0.29) is 5.91 Å². The molecule has 0 bridgehead atoms. The molecular formula is C17H23N3OS2. The second kappa shape index (κ2) is 8.04. The van der Waals surface area contributed by atoms with Gasteiger partial charge in [0, 0.05) is 6.54 Å². The van der Waals surface area contributed by atoms with Crippen molar-refractivity contribution >= 4 is 28.6 Å². The molecule has 6 heteroatoms. The van der Waals surface area contributed by atoms with Gasteiger partial charge in [0.25, 0.3) is 5.91 Å². The van der Waals surface area contributed by atoms with E-state index < -0.39 is 0 Å². The summed E-state index contributed by atoms with van der Waals surface area (Å²) in [6.07, 6.45) is 5.02. The van der Waals surface area contributed by atoms with Crippen molar-refractivity contribution in [3.05, 3.63) is 28.1 Å². The average Bonchev–Trinajstić information content (AvgIpc) is 3.21. The van der Waals surface area contributed by atoms with Crippen LogP contribution in [-0.4, -0.2) is 42.0 Å². The van der Waals surface area contributed by atoms with Crippen LogP contribution in [0.4, 0.5) is 0 Å². The number of carbonyl (C=O) groups excluding carboxylic acids is 1. The number of likely N-dealkylation sites (tertiary alicyclic amines) is 1. The Morgan fingerprint density at radius 2 is 2.17 bits per heavy atom. The summed E-state index contributed by atoms with van der Waals surface area (Å²) in [6.45, 7) is 6.16. The summed E-state index contributed by atoms with van der Waals surface area (Å²) >= 11 is 3.15. The molecule has 1 aliphatic rings. The van der Waals surface area contributed by atoms with Crippen molar-refractivity contribution in [2.45, 2.75) is 32.6 Å². The first-order valence-electron chi connectivity index (χ1n) is 8.26. The normalized spacial score (nSPS) is 15.7. The summed E-state index contributed by atoms with van der Waals surface area (Å²) in [5.74, 6) is 0.0152. The number of carbonyl (C=O) groups is 1. The fourth-order valence-corrected chi connectivity index (χ4v) is 4.66. The molecule has 0 aliphatic carbocycles. The van der Waals surface area contributed by atoms with Gasteiger partial charge in [0.2, 0.25) is 0 Å². The van der Waals surface area contributed by atoms with Gasteiger partial charge in [-0.1, -0.05) is 12.5 Å². The van der Waals surface area contributed by atoms with Crippen molar-refractivity contribution in [3.63, 3.8) is 0 Å². The van der Waals surface area contributed by atoms with Gasteiger partial charge in [-0.05, 0) is 57.3 Å². The van der Waals surface area contributed by atoms with Crippen LogP contribution in [0.5, 0.6) is 0 Å². The summed E-state index contributed by atoms with van der Waals surface area (Å²) in [7, 11) is 0. The molecule has 0 spiro atoms. The highest BCUT2D eigenvalue weighted by atomic mass is 32.1. The first-order valence-corrected chi connectivity index (χ1v) is 9.95. The SMILES string of the molecule is Cc1nc(-c2cccs2)sc1C(=O)NCCCN1CCCCC1. The number of nitrogens with zero attached hydrogens (tertiary/aromatic N) is 2. The topological polar surface area (TPSA) is 45.2 Å². The van der Waals surface area contributed by atoms with Gasteiger partial charge in [0.15, 0.2) is 0 Å². The lowest BCUT2D eigenvalue weighted by Crippen LogP contribution is -2.33. The lowest BCUT2D eigenvalue weighted by Gasteiger charge is -2.26. The molecule has 2 aromatic rings. The molecule has 1 amide bonds. The largest absolute Gasteiger partial charge is 0.351 e. The standard InChI is InChI=1S/C17H23N3OS2/c1-13-15(23-17(19-13)14-7-5-12-22-14)16(21)18-8-6-11-20-9-3-2-4-10-20/h5,7,12H,2-4,6,8-11H2,1H3,(H,18,21). The zero-order valence-electron chi connectivity index (χ0n) is 13.5.